The number of hydrogen-bond acceptors (Lipinski definition) is 5. The first-order valence-corrected chi connectivity index (χ1v) is 8.41. The van der Waals surface area contributed by atoms with Crippen LogP contribution in [0, 0.1) is 0 Å². The Balaban J connectivity index is 2.62. The third-order valence-electron chi connectivity index (χ3n) is 2.62. The molecule has 7 nitrogen and oxygen atoms in total. The zero-order valence-corrected chi connectivity index (χ0v) is 14.1. The average molecular weight is 340 g/mol. The summed E-state index contributed by atoms with van der Waals surface area (Å²) in [4.78, 5) is 35.2. The van der Waals surface area contributed by atoms with Crippen LogP contribution in [0.1, 0.15) is 31.1 Å². The molecule has 0 bridgehead atoms. The molecule has 0 aliphatic rings. The highest BCUT2D eigenvalue weighted by molar-refractivity contribution is 7.85. The predicted octanol–water partition coefficient (Wildman–Crippen LogP) is 1.21. The summed E-state index contributed by atoms with van der Waals surface area (Å²) < 4.78 is 16.8. The van der Waals surface area contributed by atoms with E-state index in [1.54, 1.807) is 39.0 Å². The molecule has 3 amide bonds. The van der Waals surface area contributed by atoms with Crippen molar-refractivity contribution < 1.29 is 23.3 Å². The lowest BCUT2D eigenvalue weighted by atomic mass is 10.2. The normalized spacial score (nSPS) is 11.7. The zero-order chi connectivity index (χ0) is 17.4. The minimum atomic E-state index is -1.32. The number of esters is 1. The lowest BCUT2D eigenvalue weighted by Crippen LogP contribution is -2.44. The SMILES string of the molecule is CC[S@@](=O)c1ccccc1C(=O)OCC(=O)NC(=O)NC(C)C. The van der Waals surface area contributed by atoms with Gasteiger partial charge in [-0.05, 0) is 26.0 Å². The minimum absolute atomic E-state index is 0.124. The van der Waals surface area contributed by atoms with E-state index in [1.807, 2.05) is 5.32 Å². The summed E-state index contributed by atoms with van der Waals surface area (Å²) in [6, 6.07) is 5.56. The van der Waals surface area contributed by atoms with Gasteiger partial charge in [0.25, 0.3) is 5.91 Å². The lowest BCUT2D eigenvalue weighted by molar-refractivity contribution is -0.123. The molecule has 126 valence electrons. The van der Waals surface area contributed by atoms with Crippen LogP contribution < -0.4 is 10.6 Å². The van der Waals surface area contributed by atoms with Crippen LogP contribution in [0.3, 0.4) is 0 Å². The summed E-state index contributed by atoms with van der Waals surface area (Å²) in [7, 11) is -1.32. The first kappa shape index (κ1) is 18.8. The van der Waals surface area contributed by atoms with E-state index in [1.165, 1.54) is 6.07 Å². The van der Waals surface area contributed by atoms with Gasteiger partial charge in [0.1, 0.15) is 0 Å². The molecule has 0 unspecified atom stereocenters. The van der Waals surface area contributed by atoms with Crippen molar-refractivity contribution in [2.45, 2.75) is 31.7 Å². The fourth-order valence-electron chi connectivity index (χ4n) is 1.66. The number of ether oxygens (including phenoxy) is 1. The van der Waals surface area contributed by atoms with Gasteiger partial charge in [-0.25, -0.2) is 9.59 Å². The Kier molecular flexibility index (Phi) is 7.40. The van der Waals surface area contributed by atoms with Gasteiger partial charge < -0.3 is 10.1 Å². The van der Waals surface area contributed by atoms with Crippen LogP contribution in [0.2, 0.25) is 0 Å². The summed E-state index contributed by atoms with van der Waals surface area (Å²) in [5.41, 5.74) is 0.145. The van der Waals surface area contributed by atoms with Crippen LogP contribution in [-0.4, -0.2) is 40.5 Å². The van der Waals surface area contributed by atoms with Crippen molar-refractivity contribution in [1.82, 2.24) is 10.6 Å². The van der Waals surface area contributed by atoms with E-state index in [-0.39, 0.29) is 11.6 Å². The highest BCUT2D eigenvalue weighted by Gasteiger charge is 2.17. The van der Waals surface area contributed by atoms with Gasteiger partial charge in [-0.1, -0.05) is 19.1 Å². The summed E-state index contributed by atoms with van der Waals surface area (Å²) in [5, 5.41) is 4.51. The molecule has 0 spiro atoms. The second-order valence-corrected chi connectivity index (χ2v) is 6.59. The first-order valence-electron chi connectivity index (χ1n) is 7.10. The Labute approximate surface area is 137 Å². The van der Waals surface area contributed by atoms with E-state index < -0.39 is 35.3 Å². The molecule has 0 aliphatic carbocycles. The van der Waals surface area contributed by atoms with E-state index >= 15 is 0 Å². The number of benzene rings is 1. The predicted molar refractivity (Wildman–Crippen MR) is 85.5 cm³/mol. The fraction of sp³-hybridized carbons (Fsp3) is 0.400. The molecule has 0 saturated heterocycles. The maximum atomic E-state index is 12.0. The molecule has 8 heteroatoms. The molecular weight excluding hydrogens is 320 g/mol. The van der Waals surface area contributed by atoms with Crippen molar-refractivity contribution in [1.29, 1.82) is 0 Å². The minimum Gasteiger partial charge on any atom is -0.452 e. The molecule has 0 radical (unpaired) electrons. The topological polar surface area (TPSA) is 102 Å². The van der Waals surface area contributed by atoms with E-state index in [0.717, 1.165) is 0 Å². The van der Waals surface area contributed by atoms with E-state index in [4.69, 9.17) is 4.74 Å². The van der Waals surface area contributed by atoms with Crippen molar-refractivity contribution in [3.8, 4) is 0 Å². The maximum absolute atomic E-state index is 12.0. The van der Waals surface area contributed by atoms with Crippen molar-refractivity contribution in [2.75, 3.05) is 12.4 Å². The van der Waals surface area contributed by atoms with Crippen LogP contribution in [0.5, 0.6) is 0 Å². The average Bonchev–Trinajstić information content (AvgIpc) is 2.50. The Hall–Kier alpha value is -2.22. The Bertz CT molecular complexity index is 616. The van der Waals surface area contributed by atoms with E-state index in [0.29, 0.717) is 10.6 Å². The Morgan fingerprint density at radius 2 is 1.87 bits per heavy atom. The molecule has 0 heterocycles. The summed E-state index contributed by atoms with van der Waals surface area (Å²) in [6.45, 7) is 4.63. The number of hydrogen-bond donors (Lipinski definition) is 2. The second kappa shape index (κ2) is 9.04. The van der Waals surface area contributed by atoms with Crippen LogP contribution >= 0.6 is 0 Å². The molecule has 0 aromatic heterocycles. The van der Waals surface area contributed by atoms with Gasteiger partial charge >= 0.3 is 12.0 Å². The quantitative estimate of drug-likeness (QED) is 0.758. The first-order chi connectivity index (χ1) is 10.8. The molecule has 0 aliphatic heterocycles. The van der Waals surface area contributed by atoms with Gasteiger partial charge in [0.2, 0.25) is 0 Å². The molecule has 0 saturated carbocycles. The van der Waals surface area contributed by atoms with Gasteiger partial charge in [-0.3, -0.25) is 14.3 Å². The van der Waals surface area contributed by atoms with Gasteiger partial charge in [0.05, 0.1) is 21.3 Å². The summed E-state index contributed by atoms with van der Waals surface area (Å²) in [6.07, 6.45) is 0. The summed E-state index contributed by atoms with van der Waals surface area (Å²) >= 11 is 0. The molecule has 1 atom stereocenters. The molecule has 1 aromatic carbocycles. The third kappa shape index (κ3) is 6.19. The Morgan fingerprint density at radius 1 is 1.22 bits per heavy atom. The zero-order valence-electron chi connectivity index (χ0n) is 13.3. The monoisotopic (exact) mass is 340 g/mol. The number of urea groups is 1. The van der Waals surface area contributed by atoms with Crippen LogP contribution in [0.25, 0.3) is 0 Å². The number of carbonyl (C=O) groups is 3. The number of rotatable bonds is 6. The molecule has 23 heavy (non-hydrogen) atoms. The van der Waals surface area contributed by atoms with Crippen LogP contribution in [0.15, 0.2) is 29.2 Å². The van der Waals surface area contributed by atoms with Crippen molar-refractivity contribution in [2.24, 2.45) is 0 Å². The number of amides is 3. The molecule has 0 fully saturated rings. The van der Waals surface area contributed by atoms with Gasteiger partial charge in [0, 0.05) is 11.8 Å². The third-order valence-corrected chi connectivity index (χ3v) is 3.99. The van der Waals surface area contributed by atoms with E-state index in [9.17, 15) is 18.6 Å². The van der Waals surface area contributed by atoms with Crippen molar-refractivity contribution in [3.05, 3.63) is 29.8 Å². The van der Waals surface area contributed by atoms with Gasteiger partial charge in [-0.2, -0.15) is 0 Å². The number of nitrogens with one attached hydrogen (secondary N) is 2. The van der Waals surface area contributed by atoms with E-state index in [2.05, 4.69) is 5.32 Å². The highest BCUT2D eigenvalue weighted by Crippen LogP contribution is 2.15. The molecule has 2 N–H and O–H groups in total. The molecule has 1 rings (SSSR count). The van der Waals surface area contributed by atoms with Crippen molar-refractivity contribution in [3.63, 3.8) is 0 Å². The molecule has 1 aromatic rings. The van der Waals surface area contributed by atoms with Crippen LogP contribution in [0.4, 0.5) is 4.79 Å². The van der Waals surface area contributed by atoms with Crippen molar-refractivity contribution >= 4 is 28.7 Å². The highest BCUT2D eigenvalue weighted by atomic mass is 32.2. The maximum Gasteiger partial charge on any atom is 0.339 e. The largest absolute Gasteiger partial charge is 0.452 e. The lowest BCUT2D eigenvalue weighted by Gasteiger charge is -2.10. The van der Waals surface area contributed by atoms with Gasteiger partial charge in [0.15, 0.2) is 6.61 Å². The second-order valence-electron chi connectivity index (χ2n) is 4.88. The van der Waals surface area contributed by atoms with Gasteiger partial charge in [-0.15, -0.1) is 0 Å². The Morgan fingerprint density at radius 3 is 2.48 bits per heavy atom. The number of carbonyl (C=O) groups excluding carboxylic acids is 3. The van der Waals surface area contributed by atoms with Crippen LogP contribution in [-0.2, 0) is 20.3 Å². The fourth-order valence-corrected chi connectivity index (χ4v) is 2.60. The standard InChI is InChI=1S/C15H20N2O5S/c1-4-23(21)12-8-6-5-7-11(12)14(19)22-9-13(18)17-15(20)16-10(2)3/h5-8,10H,4,9H2,1-3H3,(H2,16,17,18,20)/t23-/m1/s1. The molecular formula is C15H20N2O5S. The number of imide groups is 1. The summed E-state index contributed by atoms with van der Waals surface area (Å²) in [5.74, 6) is -1.15. The smallest absolute Gasteiger partial charge is 0.339 e.